The molecular formula is C11H20F3NO. The van der Waals surface area contributed by atoms with Gasteiger partial charge >= 0.3 is 6.18 Å². The summed E-state index contributed by atoms with van der Waals surface area (Å²) in [5.41, 5.74) is 0. The summed E-state index contributed by atoms with van der Waals surface area (Å²) >= 11 is 0. The number of nitrogens with one attached hydrogen (secondary N) is 1. The molecule has 0 aliphatic heterocycles. The Kier molecular flexibility index (Phi) is 6.00. The van der Waals surface area contributed by atoms with Crippen molar-refractivity contribution in [3.05, 3.63) is 0 Å². The van der Waals surface area contributed by atoms with E-state index in [1.54, 1.807) is 13.8 Å². The Labute approximate surface area is 94.6 Å². The lowest BCUT2D eigenvalue weighted by atomic mass is 9.97. The van der Waals surface area contributed by atoms with Gasteiger partial charge in [-0.2, -0.15) is 13.2 Å². The number of Topliss-reactive ketones (excluding diaryl/α,β-unsaturated/α-hetero) is 1. The molecule has 2 nitrogen and oxygen atoms in total. The molecule has 5 heteroatoms. The van der Waals surface area contributed by atoms with Gasteiger partial charge in [-0.1, -0.05) is 27.7 Å². The van der Waals surface area contributed by atoms with Crippen molar-refractivity contribution in [1.82, 2.24) is 5.32 Å². The van der Waals surface area contributed by atoms with Gasteiger partial charge in [-0.05, 0) is 6.42 Å². The van der Waals surface area contributed by atoms with Crippen LogP contribution in [0.2, 0.25) is 0 Å². The number of hydrogen-bond donors (Lipinski definition) is 1. The minimum absolute atomic E-state index is 0.000865. The van der Waals surface area contributed by atoms with Gasteiger partial charge in [-0.15, -0.1) is 0 Å². The smallest absolute Gasteiger partial charge is 0.305 e. The number of rotatable bonds is 6. The predicted octanol–water partition coefficient (Wildman–Crippen LogP) is 2.92. The lowest BCUT2D eigenvalue weighted by Crippen LogP contribution is -2.43. The summed E-state index contributed by atoms with van der Waals surface area (Å²) in [5, 5.41) is 2.88. The molecule has 0 aromatic heterocycles. The fourth-order valence-electron chi connectivity index (χ4n) is 1.42. The van der Waals surface area contributed by atoms with E-state index in [2.05, 4.69) is 5.32 Å². The van der Waals surface area contributed by atoms with Gasteiger partial charge in [0.1, 0.15) is 0 Å². The number of carbonyl (C=O) groups excluding carboxylic acids is 1. The molecule has 1 N–H and O–H groups in total. The number of ketones is 1. The largest absolute Gasteiger partial charge is 0.389 e. The molecule has 0 heterocycles. The number of carbonyl (C=O) groups is 1. The average Bonchev–Trinajstić information content (AvgIpc) is 2.08. The molecule has 0 aliphatic carbocycles. The maximum Gasteiger partial charge on any atom is 0.389 e. The van der Waals surface area contributed by atoms with Crippen molar-refractivity contribution in [2.24, 2.45) is 5.92 Å². The van der Waals surface area contributed by atoms with Crippen LogP contribution in [0.3, 0.4) is 0 Å². The third-order valence-corrected chi connectivity index (χ3v) is 2.16. The van der Waals surface area contributed by atoms with E-state index >= 15 is 0 Å². The van der Waals surface area contributed by atoms with E-state index in [4.69, 9.17) is 0 Å². The minimum Gasteiger partial charge on any atom is -0.305 e. The third-order valence-electron chi connectivity index (χ3n) is 2.16. The van der Waals surface area contributed by atoms with Crippen LogP contribution in [-0.2, 0) is 4.79 Å². The number of halogens is 3. The highest BCUT2D eigenvalue weighted by Crippen LogP contribution is 2.23. The zero-order valence-corrected chi connectivity index (χ0v) is 10.2. The first-order chi connectivity index (χ1) is 7.13. The van der Waals surface area contributed by atoms with Gasteiger partial charge in [0.2, 0.25) is 0 Å². The molecule has 0 fully saturated rings. The Balaban J connectivity index is 4.38. The lowest BCUT2D eigenvalue weighted by molar-refractivity contribution is -0.139. The first-order valence-electron chi connectivity index (χ1n) is 5.50. The fraction of sp³-hybridized carbons (Fsp3) is 0.909. The lowest BCUT2D eigenvalue weighted by Gasteiger charge is -2.22. The standard InChI is InChI=1S/C11H20F3NO/c1-7(2)10(16)9(15-8(3)4)5-6-11(12,13)14/h7-9,15H,5-6H2,1-4H3. The van der Waals surface area contributed by atoms with Crippen LogP contribution in [0.15, 0.2) is 0 Å². The highest BCUT2D eigenvalue weighted by atomic mass is 19.4. The molecule has 0 bridgehead atoms. The summed E-state index contributed by atoms with van der Waals surface area (Å²) in [7, 11) is 0. The summed E-state index contributed by atoms with van der Waals surface area (Å²) in [6.07, 6.45) is -5.30. The maximum atomic E-state index is 12.1. The molecule has 0 rings (SSSR count). The first-order valence-corrected chi connectivity index (χ1v) is 5.50. The average molecular weight is 239 g/mol. The Bertz CT molecular complexity index is 224. The van der Waals surface area contributed by atoms with Gasteiger partial charge in [0, 0.05) is 18.4 Å². The summed E-state index contributed by atoms with van der Waals surface area (Å²) in [6.45, 7) is 7.03. The monoisotopic (exact) mass is 239 g/mol. The molecule has 96 valence electrons. The van der Waals surface area contributed by atoms with Gasteiger partial charge in [0.15, 0.2) is 5.78 Å². The van der Waals surface area contributed by atoms with Gasteiger partial charge < -0.3 is 5.32 Å². The first kappa shape index (κ1) is 15.4. The molecule has 0 amide bonds. The van der Waals surface area contributed by atoms with Crippen molar-refractivity contribution in [2.45, 2.75) is 58.8 Å². The van der Waals surface area contributed by atoms with Crippen molar-refractivity contribution in [1.29, 1.82) is 0 Å². The molecule has 1 atom stereocenters. The molecule has 1 unspecified atom stereocenters. The second-order valence-electron chi connectivity index (χ2n) is 4.58. The molecule has 0 spiro atoms. The van der Waals surface area contributed by atoms with Crippen molar-refractivity contribution >= 4 is 5.78 Å². The molecule has 16 heavy (non-hydrogen) atoms. The topological polar surface area (TPSA) is 29.1 Å². The van der Waals surface area contributed by atoms with Crippen LogP contribution in [0.1, 0.15) is 40.5 Å². The molecule has 0 aliphatic rings. The van der Waals surface area contributed by atoms with Crippen LogP contribution >= 0.6 is 0 Å². The van der Waals surface area contributed by atoms with Crippen molar-refractivity contribution in [3.63, 3.8) is 0 Å². The maximum absolute atomic E-state index is 12.1. The summed E-state index contributed by atoms with van der Waals surface area (Å²) in [6, 6.07) is -0.692. The van der Waals surface area contributed by atoms with E-state index < -0.39 is 18.6 Å². The quantitative estimate of drug-likeness (QED) is 0.772. The van der Waals surface area contributed by atoms with E-state index in [0.717, 1.165) is 0 Å². The molecular weight excluding hydrogens is 219 g/mol. The Morgan fingerprint density at radius 2 is 1.69 bits per heavy atom. The van der Waals surface area contributed by atoms with Crippen molar-refractivity contribution < 1.29 is 18.0 Å². The number of alkyl halides is 3. The van der Waals surface area contributed by atoms with E-state index in [1.807, 2.05) is 13.8 Å². The molecule has 0 saturated carbocycles. The third kappa shape index (κ3) is 6.82. The van der Waals surface area contributed by atoms with E-state index in [1.165, 1.54) is 0 Å². The molecule has 0 radical (unpaired) electrons. The van der Waals surface area contributed by atoms with Crippen LogP contribution < -0.4 is 5.32 Å². The summed E-state index contributed by atoms with van der Waals surface area (Å²) in [5.74, 6) is -0.401. The van der Waals surface area contributed by atoms with Crippen LogP contribution in [0.5, 0.6) is 0 Å². The van der Waals surface area contributed by atoms with Gasteiger partial charge in [0.05, 0.1) is 6.04 Å². The van der Waals surface area contributed by atoms with Gasteiger partial charge in [0.25, 0.3) is 0 Å². The van der Waals surface area contributed by atoms with Gasteiger partial charge in [-0.25, -0.2) is 0 Å². The van der Waals surface area contributed by atoms with E-state index in [0.29, 0.717) is 0 Å². The predicted molar refractivity (Wildman–Crippen MR) is 57.2 cm³/mol. The molecule has 0 saturated heterocycles. The van der Waals surface area contributed by atoms with Crippen LogP contribution in [0, 0.1) is 5.92 Å². The van der Waals surface area contributed by atoms with Crippen molar-refractivity contribution in [3.8, 4) is 0 Å². The van der Waals surface area contributed by atoms with Gasteiger partial charge in [-0.3, -0.25) is 4.79 Å². The Morgan fingerprint density at radius 1 is 1.19 bits per heavy atom. The summed E-state index contributed by atoms with van der Waals surface area (Å²) < 4.78 is 36.2. The minimum atomic E-state index is -4.20. The molecule has 0 aromatic carbocycles. The second kappa shape index (κ2) is 6.23. The molecule has 0 aromatic rings. The summed E-state index contributed by atoms with van der Waals surface area (Å²) in [4.78, 5) is 11.7. The highest BCUT2D eigenvalue weighted by molar-refractivity contribution is 5.85. The zero-order valence-electron chi connectivity index (χ0n) is 10.2. The Hall–Kier alpha value is -0.580. The normalized spacial score (nSPS) is 14.6. The van der Waals surface area contributed by atoms with E-state index in [9.17, 15) is 18.0 Å². The van der Waals surface area contributed by atoms with Crippen LogP contribution in [0.4, 0.5) is 13.2 Å². The van der Waals surface area contributed by atoms with Crippen LogP contribution in [-0.4, -0.2) is 24.0 Å². The fourth-order valence-corrected chi connectivity index (χ4v) is 1.42. The highest BCUT2D eigenvalue weighted by Gasteiger charge is 2.31. The zero-order chi connectivity index (χ0) is 12.9. The second-order valence-corrected chi connectivity index (χ2v) is 4.58. The van der Waals surface area contributed by atoms with Crippen molar-refractivity contribution in [2.75, 3.05) is 0 Å². The van der Waals surface area contributed by atoms with Crippen LogP contribution in [0.25, 0.3) is 0 Å². The Morgan fingerprint density at radius 3 is 2.00 bits per heavy atom. The number of hydrogen-bond acceptors (Lipinski definition) is 2. The SMILES string of the molecule is CC(C)NC(CCC(F)(F)F)C(=O)C(C)C. The van der Waals surface area contributed by atoms with E-state index in [-0.39, 0.29) is 24.2 Å².